The zero-order valence-electron chi connectivity index (χ0n) is 14.0. The van der Waals surface area contributed by atoms with E-state index in [-0.39, 0.29) is 17.1 Å². The maximum atomic E-state index is 13.6. The Balaban J connectivity index is 1.82. The van der Waals surface area contributed by atoms with Crippen molar-refractivity contribution in [1.82, 2.24) is 14.8 Å². The van der Waals surface area contributed by atoms with Crippen molar-refractivity contribution in [3.8, 4) is 11.3 Å². The van der Waals surface area contributed by atoms with E-state index in [0.717, 1.165) is 16.9 Å². The third-order valence-electron chi connectivity index (χ3n) is 3.71. The van der Waals surface area contributed by atoms with Gasteiger partial charge in [-0.05, 0) is 18.2 Å². The van der Waals surface area contributed by atoms with Crippen LogP contribution in [0.4, 0.5) is 32.2 Å². The van der Waals surface area contributed by atoms with Gasteiger partial charge in [-0.15, -0.1) is 0 Å². The van der Waals surface area contributed by atoms with Crippen LogP contribution in [0.15, 0.2) is 36.5 Å². The minimum atomic E-state index is -4.61. The molecule has 5 nitrogen and oxygen atoms in total. The number of nitrogens with one attached hydrogen (secondary N) is 1. The molecule has 0 radical (unpaired) electrons. The van der Waals surface area contributed by atoms with Crippen LogP contribution in [0.5, 0.6) is 0 Å². The summed E-state index contributed by atoms with van der Waals surface area (Å²) in [5.74, 6) is -5.27. The maximum absolute atomic E-state index is 13.6. The molecule has 1 amide bonds. The van der Waals surface area contributed by atoms with Crippen LogP contribution in [0, 0.1) is 17.5 Å². The van der Waals surface area contributed by atoms with E-state index in [1.165, 1.54) is 19.2 Å². The van der Waals surface area contributed by atoms with Crippen molar-refractivity contribution in [2.75, 3.05) is 5.32 Å². The molecule has 146 valence electrons. The minimum Gasteiger partial charge on any atom is -0.306 e. The lowest BCUT2D eigenvalue weighted by Gasteiger charge is -2.08. The van der Waals surface area contributed by atoms with Gasteiger partial charge in [0.2, 0.25) is 0 Å². The smallest absolute Gasteiger partial charge is 0.306 e. The molecule has 1 aromatic carbocycles. The number of rotatable bonds is 3. The first kappa shape index (κ1) is 19.4. The van der Waals surface area contributed by atoms with Crippen LogP contribution in [0.3, 0.4) is 0 Å². The van der Waals surface area contributed by atoms with Gasteiger partial charge in [-0.3, -0.25) is 9.48 Å². The lowest BCUT2D eigenvalue weighted by atomic mass is 10.1. The molecule has 2 aromatic heterocycles. The number of carbonyl (C=O) groups is 1. The fourth-order valence-electron chi connectivity index (χ4n) is 2.43. The summed E-state index contributed by atoms with van der Waals surface area (Å²) in [6, 6.07) is 4.12. The number of carbonyl (C=O) groups excluding carboxylic acids is 1. The summed E-state index contributed by atoms with van der Waals surface area (Å²) >= 11 is 0. The third-order valence-corrected chi connectivity index (χ3v) is 3.71. The van der Waals surface area contributed by atoms with E-state index in [4.69, 9.17) is 0 Å². The van der Waals surface area contributed by atoms with Crippen molar-refractivity contribution in [3.63, 3.8) is 0 Å². The van der Waals surface area contributed by atoms with Crippen molar-refractivity contribution in [2.45, 2.75) is 6.18 Å². The molecule has 3 rings (SSSR count). The molecular formula is C17H10F6N4O. The average molecular weight is 400 g/mol. The summed E-state index contributed by atoms with van der Waals surface area (Å²) in [6.45, 7) is 0. The highest BCUT2D eigenvalue weighted by atomic mass is 19.4. The van der Waals surface area contributed by atoms with Crippen LogP contribution in [0.1, 0.15) is 16.1 Å². The molecule has 0 saturated heterocycles. The third kappa shape index (κ3) is 3.82. The van der Waals surface area contributed by atoms with Crippen molar-refractivity contribution in [3.05, 3.63) is 65.2 Å². The highest BCUT2D eigenvalue weighted by Crippen LogP contribution is 2.31. The molecule has 1 N–H and O–H groups in total. The van der Waals surface area contributed by atoms with Gasteiger partial charge in [0, 0.05) is 30.9 Å². The minimum absolute atomic E-state index is 0.116. The second kappa shape index (κ2) is 6.98. The van der Waals surface area contributed by atoms with Crippen LogP contribution >= 0.6 is 0 Å². The summed E-state index contributed by atoms with van der Waals surface area (Å²) in [7, 11) is 1.32. The second-order valence-electron chi connectivity index (χ2n) is 5.67. The van der Waals surface area contributed by atoms with E-state index in [0.29, 0.717) is 12.1 Å². The zero-order chi connectivity index (χ0) is 20.6. The molecule has 28 heavy (non-hydrogen) atoms. The number of alkyl halides is 3. The Morgan fingerprint density at radius 1 is 1.07 bits per heavy atom. The first-order valence-electron chi connectivity index (χ1n) is 7.60. The monoisotopic (exact) mass is 400 g/mol. The highest BCUT2D eigenvalue weighted by Gasteiger charge is 2.34. The zero-order valence-corrected chi connectivity index (χ0v) is 14.0. The molecule has 0 unspecified atom stereocenters. The number of nitrogens with zero attached hydrogens (tertiary/aromatic N) is 3. The predicted octanol–water partition coefficient (Wildman–Crippen LogP) is 4.17. The largest absolute Gasteiger partial charge is 0.435 e. The molecule has 0 spiro atoms. The second-order valence-corrected chi connectivity index (χ2v) is 5.67. The fraction of sp³-hybridized carbons (Fsp3) is 0.118. The number of aromatic nitrogens is 3. The first-order valence-corrected chi connectivity index (χ1v) is 7.60. The molecule has 0 atom stereocenters. The van der Waals surface area contributed by atoms with Crippen molar-refractivity contribution < 1.29 is 31.1 Å². The molecule has 0 saturated carbocycles. The SMILES string of the molecule is Cn1nc(C(F)(F)F)cc1-c1ccc(NC(=O)c2c(F)cc(F)cc2F)nc1. The Morgan fingerprint density at radius 2 is 1.71 bits per heavy atom. The van der Waals surface area contributed by atoms with Gasteiger partial charge in [-0.2, -0.15) is 18.3 Å². The van der Waals surface area contributed by atoms with Gasteiger partial charge in [0.05, 0.1) is 5.69 Å². The summed E-state index contributed by atoms with van der Waals surface area (Å²) in [4.78, 5) is 15.8. The van der Waals surface area contributed by atoms with E-state index in [1.807, 2.05) is 0 Å². The Labute approximate surface area is 153 Å². The van der Waals surface area contributed by atoms with Crippen molar-refractivity contribution in [1.29, 1.82) is 0 Å². The number of hydrogen-bond acceptors (Lipinski definition) is 3. The lowest BCUT2D eigenvalue weighted by Crippen LogP contribution is -2.17. The van der Waals surface area contributed by atoms with E-state index >= 15 is 0 Å². The molecule has 0 fully saturated rings. The first-order chi connectivity index (χ1) is 13.1. The molecule has 0 bridgehead atoms. The van der Waals surface area contributed by atoms with Gasteiger partial charge in [0.1, 0.15) is 28.8 Å². The number of halogens is 6. The highest BCUT2D eigenvalue weighted by molar-refractivity contribution is 6.04. The fourth-order valence-corrected chi connectivity index (χ4v) is 2.43. The predicted molar refractivity (Wildman–Crippen MR) is 85.7 cm³/mol. The Morgan fingerprint density at radius 3 is 2.21 bits per heavy atom. The Kier molecular flexibility index (Phi) is 4.84. The van der Waals surface area contributed by atoms with Crippen LogP contribution in [0.2, 0.25) is 0 Å². The number of amides is 1. The standard InChI is InChI=1S/C17H10F6N4O/c1-27-12(6-13(26-27)17(21,22)23)8-2-3-14(24-7-8)25-16(28)15-10(19)4-9(18)5-11(15)20/h2-7H,1H3,(H,24,25,28). The van der Waals surface area contributed by atoms with Gasteiger partial charge < -0.3 is 5.32 Å². The Hall–Kier alpha value is -3.37. The van der Waals surface area contributed by atoms with Gasteiger partial charge in [0.15, 0.2) is 5.69 Å². The van der Waals surface area contributed by atoms with E-state index < -0.39 is 40.8 Å². The van der Waals surface area contributed by atoms with Crippen LogP contribution in [0.25, 0.3) is 11.3 Å². The van der Waals surface area contributed by atoms with Gasteiger partial charge in [-0.1, -0.05) is 0 Å². The maximum Gasteiger partial charge on any atom is 0.435 e. The van der Waals surface area contributed by atoms with E-state index in [9.17, 15) is 31.1 Å². The molecule has 3 aromatic rings. The number of aryl methyl sites for hydroxylation is 1. The topological polar surface area (TPSA) is 59.8 Å². The molecule has 0 aliphatic rings. The summed E-state index contributed by atoms with van der Waals surface area (Å²) in [6.07, 6.45) is -3.45. The van der Waals surface area contributed by atoms with Gasteiger partial charge in [0.25, 0.3) is 5.91 Å². The number of anilines is 1. The van der Waals surface area contributed by atoms with E-state index in [2.05, 4.69) is 15.4 Å². The van der Waals surface area contributed by atoms with E-state index in [1.54, 1.807) is 0 Å². The van der Waals surface area contributed by atoms with Crippen molar-refractivity contribution in [2.24, 2.45) is 7.05 Å². The molecule has 0 aliphatic carbocycles. The molecule has 0 aliphatic heterocycles. The van der Waals surface area contributed by atoms with Crippen molar-refractivity contribution >= 4 is 11.7 Å². The quantitative estimate of drug-likeness (QED) is 0.672. The average Bonchev–Trinajstić information content (AvgIpc) is 2.96. The molecule has 11 heteroatoms. The van der Waals surface area contributed by atoms with Crippen LogP contribution in [-0.4, -0.2) is 20.7 Å². The van der Waals surface area contributed by atoms with Crippen LogP contribution < -0.4 is 5.32 Å². The van der Waals surface area contributed by atoms with Gasteiger partial charge in [-0.25, -0.2) is 18.2 Å². The van der Waals surface area contributed by atoms with Crippen LogP contribution in [-0.2, 0) is 13.2 Å². The Bertz CT molecular complexity index is 1020. The lowest BCUT2D eigenvalue weighted by molar-refractivity contribution is -0.141. The summed E-state index contributed by atoms with van der Waals surface area (Å²) in [5, 5.41) is 5.50. The molecule has 2 heterocycles. The number of pyridine rings is 1. The number of benzene rings is 1. The summed E-state index contributed by atoms with van der Waals surface area (Å²) < 4.78 is 79.4. The van der Waals surface area contributed by atoms with Gasteiger partial charge >= 0.3 is 6.18 Å². The normalized spacial score (nSPS) is 11.5. The molecular weight excluding hydrogens is 390 g/mol. The summed E-state index contributed by atoms with van der Waals surface area (Å²) in [5.41, 5.74) is -1.69. The number of hydrogen-bond donors (Lipinski definition) is 1.